The van der Waals surface area contributed by atoms with Crippen molar-refractivity contribution in [1.82, 2.24) is 9.55 Å². The Kier molecular flexibility index (Phi) is 2.33. The van der Waals surface area contributed by atoms with Crippen LogP contribution in [0.1, 0.15) is 18.4 Å². The Labute approximate surface area is 65.8 Å². The first-order valence-corrected chi connectivity index (χ1v) is 3.90. The molecule has 0 fully saturated rings. The summed E-state index contributed by atoms with van der Waals surface area (Å²) in [6.45, 7) is 5.03. The molecule has 0 amide bonds. The molecule has 0 saturated carbocycles. The summed E-state index contributed by atoms with van der Waals surface area (Å²) in [6, 6.07) is 0. The molecule has 0 aromatic carbocycles. The molecule has 0 aliphatic carbocycles. The zero-order valence-corrected chi connectivity index (χ0v) is 7.02. The van der Waals surface area contributed by atoms with Crippen molar-refractivity contribution in [3.63, 3.8) is 0 Å². The fourth-order valence-corrected chi connectivity index (χ4v) is 1.27. The number of imidazole rings is 1. The first kappa shape index (κ1) is 7.61. The number of alkyl halides is 1. The van der Waals surface area contributed by atoms with E-state index in [0.717, 1.165) is 18.1 Å². The van der Waals surface area contributed by atoms with Gasteiger partial charge >= 0.3 is 0 Å². The second kappa shape index (κ2) is 3.06. The number of aryl methyl sites for hydroxylation is 1. The normalized spacial score (nSPS) is 10.3. The average molecular weight is 159 g/mol. The predicted octanol–water partition coefficient (Wildman–Crippen LogP) is 1.95. The van der Waals surface area contributed by atoms with Gasteiger partial charge in [-0.25, -0.2) is 4.98 Å². The SMILES string of the molecule is CCn1c(CCl)cnc1C. The van der Waals surface area contributed by atoms with Crippen molar-refractivity contribution in [1.29, 1.82) is 0 Å². The number of nitrogens with zero attached hydrogens (tertiary/aromatic N) is 2. The lowest BCUT2D eigenvalue weighted by Gasteiger charge is -2.02. The van der Waals surface area contributed by atoms with Gasteiger partial charge in [0.2, 0.25) is 0 Å². The van der Waals surface area contributed by atoms with Crippen molar-refractivity contribution in [3.8, 4) is 0 Å². The smallest absolute Gasteiger partial charge is 0.105 e. The maximum atomic E-state index is 5.66. The van der Waals surface area contributed by atoms with E-state index >= 15 is 0 Å². The van der Waals surface area contributed by atoms with Gasteiger partial charge in [-0.1, -0.05) is 0 Å². The third-order valence-electron chi connectivity index (χ3n) is 1.59. The van der Waals surface area contributed by atoms with Crippen LogP contribution in [0.25, 0.3) is 0 Å². The quantitative estimate of drug-likeness (QED) is 0.602. The Morgan fingerprint density at radius 2 is 2.40 bits per heavy atom. The Bertz CT molecular complexity index is 217. The number of aromatic nitrogens is 2. The predicted molar refractivity (Wildman–Crippen MR) is 42.2 cm³/mol. The monoisotopic (exact) mass is 158 g/mol. The summed E-state index contributed by atoms with van der Waals surface area (Å²) in [5, 5.41) is 0. The van der Waals surface area contributed by atoms with Crippen LogP contribution in [0.15, 0.2) is 6.20 Å². The minimum atomic E-state index is 0.550. The average Bonchev–Trinajstić information content (AvgIpc) is 2.30. The van der Waals surface area contributed by atoms with Gasteiger partial charge in [0.1, 0.15) is 5.82 Å². The lowest BCUT2D eigenvalue weighted by Crippen LogP contribution is -2.00. The van der Waals surface area contributed by atoms with Crippen LogP contribution in [0, 0.1) is 6.92 Å². The summed E-state index contributed by atoms with van der Waals surface area (Å²) in [5.74, 6) is 1.59. The molecule has 0 spiro atoms. The van der Waals surface area contributed by atoms with Gasteiger partial charge in [0.05, 0.1) is 11.6 Å². The molecule has 1 rings (SSSR count). The third-order valence-corrected chi connectivity index (χ3v) is 1.86. The van der Waals surface area contributed by atoms with Gasteiger partial charge in [0.15, 0.2) is 0 Å². The van der Waals surface area contributed by atoms with E-state index in [9.17, 15) is 0 Å². The van der Waals surface area contributed by atoms with E-state index in [2.05, 4.69) is 16.5 Å². The van der Waals surface area contributed by atoms with Crippen LogP contribution in [0.5, 0.6) is 0 Å². The number of rotatable bonds is 2. The number of hydrogen-bond donors (Lipinski definition) is 0. The highest BCUT2D eigenvalue weighted by molar-refractivity contribution is 6.16. The van der Waals surface area contributed by atoms with Crippen LogP contribution in [0.4, 0.5) is 0 Å². The second-order valence-corrected chi connectivity index (χ2v) is 2.44. The van der Waals surface area contributed by atoms with Gasteiger partial charge in [-0.05, 0) is 13.8 Å². The van der Waals surface area contributed by atoms with E-state index in [1.807, 2.05) is 13.1 Å². The van der Waals surface area contributed by atoms with Gasteiger partial charge in [-0.15, -0.1) is 11.6 Å². The van der Waals surface area contributed by atoms with E-state index < -0.39 is 0 Å². The highest BCUT2D eigenvalue weighted by atomic mass is 35.5. The molecule has 0 unspecified atom stereocenters. The maximum Gasteiger partial charge on any atom is 0.105 e. The Morgan fingerprint density at radius 3 is 2.80 bits per heavy atom. The summed E-state index contributed by atoms with van der Waals surface area (Å²) in [6.07, 6.45) is 1.83. The van der Waals surface area contributed by atoms with Crippen LogP contribution < -0.4 is 0 Å². The molecule has 0 atom stereocenters. The maximum absolute atomic E-state index is 5.66. The van der Waals surface area contributed by atoms with E-state index in [-0.39, 0.29) is 0 Å². The molecule has 56 valence electrons. The van der Waals surface area contributed by atoms with E-state index in [4.69, 9.17) is 11.6 Å². The molecule has 3 heteroatoms. The van der Waals surface area contributed by atoms with Gasteiger partial charge in [0.25, 0.3) is 0 Å². The molecule has 1 aromatic rings. The fourth-order valence-electron chi connectivity index (χ4n) is 1.05. The van der Waals surface area contributed by atoms with E-state index in [1.165, 1.54) is 0 Å². The Balaban J connectivity index is 3.01. The second-order valence-electron chi connectivity index (χ2n) is 2.17. The minimum Gasteiger partial charge on any atom is -0.331 e. The van der Waals surface area contributed by atoms with Crippen molar-refractivity contribution >= 4 is 11.6 Å². The molecule has 1 heterocycles. The zero-order chi connectivity index (χ0) is 7.56. The van der Waals surface area contributed by atoms with Gasteiger partial charge in [-0.2, -0.15) is 0 Å². The lowest BCUT2D eigenvalue weighted by atomic mass is 10.5. The van der Waals surface area contributed by atoms with Crippen LogP contribution in [-0.2, 0) is 12.4 Å². The molecule has 2 nitrogen and oxygen atoms in total. The van der Waals surface area contributed by atoms with Gasteiger partial charge in [0, 0.05) is 12.7 Å². The molecule has 0 radical (unpaired) electrons. The number of halogens is 1. The lowest BCUT2D eigenvalue weighted by molar-refractivity contribution is 0.705. The molecular formula is C7H11ClN2. The Hall–Kier alpha value is -0.500. The first-order chi connectivity index (χ1) is 4.79. The fraction of sp³-hybridized carbons (Fsp3) is 0.571. The molecule has 0 saturated heterocycles. The van der Waals surface area contributed by atoms with Crippen molar-refractivity contribution in [2.75, 3.05) is 0 Å². The van der Waals surface area contributed by atoms with Crippen LogP contribution in [-0.4, -0.2) is 9.55 Å². The summed E-state index contributed by atoms with van der Waals surface area (Å²) < 4.78 is 2.10. The van der Waals surface area contributed by atoms with Crippen molar-refractivity contribution in [2.45, 2.75) is 26.3 Å². The highest BCUT2D eigenvalue weighted by Gasteiger charge is 2.01. The van der Waals surface area contributed by atoms with Crippen LogP contribution in [0.2, 0.25) is 0 Å². The van der Waals surface area contributed by atoms with Crippen molar-refractivity contribution in [2.24, 2.45) is 0 Å². The van der Waals surface area contributed by atoms with E-state index in [1.54, 1.807) is 0 Å². The highest BCUT2D eigenvalue weighted by Crippen LogP contribution is 2.06. The molecular weight excluding hydrogens is 148 g/mol. The summed E-state index contributed by atoms with van der Waals surface area (Å²) in [5.41, 5.74) is 1.10. The van der Waals surface area contributed by atoms with Crippen molar-refractivity contribution < 1.29 is 0 Å². The van der Waals surface area contributed by atoms with Gasteiger partial charge < -0.3 is 4.57 Å². The minimum absolute atomic E-state index is 0.550. The molecule has 1 aromatic heterocycles. The molecule has 0 bridgehead atoms. The Morgan fingerprint density at radius 1 is 1.70 bits per heavy atom. The number of hydrogen-bond acceptors (Lipinski definition) is 1. The standard InChI is InChI=1S/C7H11ClN2/c1-3-10-6(2)9-5-7(10)4-8/h5H,3-4H2,1-2H3. The van der Waals surface area contributed by atoms with Crippen LogP contribution >= 0.6 is 11.6 Å². The molecule has 0 N–H and O–H groups in total. The summed E-state index contributed by atoms with van der Waals surface area (Å²) in [4.78, 5) is 4.14. The molecule has 10 heavy (non-hydrogen) atoms. The first-order valence-electron chi connectivity index (χ1n) is 3.36. The molecule has 0 aliphatic rings. The third kappa shape index (κ3) is 1.16. The zero-order valence-electron chi connectivity index (χ0n) is 6.26. The summed E-state index contributed by atoms with van der Waals surface area (Å²) in [7, 11) is 0. The van der Waals surface area contributed by atoms with Crippen LogP contribution in [0.3, 0.4) is 0 Å². The van der Waals surface area contributed by atoms with Gasteiger partial charge in [-0.3, -0.25) is 0 Å². The van der Waals surface area contributed by atoms with Crippen molar-refractivity contribution in [3.05, 3.63) is 17.7 Å². The molecule has 0 aliphatic heterocycles. The summed E-state index contributed by atoms with van der Waals surface area (Å²) >= 11 is 5.66. The topological polar surface area (TPSA) is 17.8 Å². The largest absolute Gasteiger partial charge is 0.331 e. The van der Waals surface area contributed by atoms with E-state index in [0.29, 0.717) is 5.88 Å².